The van der Waals surface area contributed by atoms with Crippen LogP contribution in [0.5, 0.6) is 17.2 Å². The normalized spacial score (nSPS) is 20.8. The summed E-state index contributed by atoms with van der Waals surface area (Å²) >= 11 is 0. The molecule has 24 heteroatoms. The van der Waals surface area contributed by atoms with E-state index in [-0.39, 0.29) is 52.2 Å². The first-order valence-corrected chi connectivity index (χ1v) is 40.9. The molecule has 3 aromatic heterocycles. The summed E-state index contributed by atoms with van der Waals surface area (Å²) in [6, 6.07) is 56.0. The van der Waals surface area contributed by atoms with E-state index >= 15 is 0 Å². The smallest absolute Gasteiger partial charge is 0.253 e. The zero-order valence-corrected chi connectivity index (χ0v) is 61.4. The number of amides is 3. The van der Waals surface area contributed by atoms with Gasteiger partial charge in [0.05, 0.1) is 84.4 Å². The Morgan fingerprint density at radius 1 is 0.333 bits per heavy atom. The third kappa shape index (κ3) is 12.5. The van der Waals surface area contributed by atoms with E-state index in [2.05, 4.69) is 89.1 Å². The van der Waals surface area contributed by atoms with Crippen LogP contribution >= 0.6 is 0 Å². The molecule has 0 radical (unpaired) electrons. The Labute approximate surface area is 611 Å². The van der Waals surface area contributed by atoms with Crippen LogP contribution in [0, 0.1) is 20.8 Å². The average molecular weight is 1480 g/mol. The number of carbonyl (C=O) groups is 3. The van der Waals surface area contributed by atoms with Gasteiger partial charge in [0.2, 0.25) is 0 Å². The molecule has 3 amide bonds. The van der Waals surface area contributed by atoms with Crippen LogP contribution < -0.4 is 14.2 Å². The third-order valence-electron chi connectivity index (χ3n) is 22.7. The molecule has 9 aliphatic heterocycles. The number of rotatable bonds is 9. The number of aryl methyl sites for hydroxylation is 3. The van der Waals surface area contributed by atoms with Gasteiger partial charge in [-0.1, -0.05) is 36.4 Å². The van der Waals surface area contributed by atoms with Crippen LogP contribution in [0.2, 0.25) is 0 Å². The fourth-order valence-corrected chi connectivity index (χ4v) is 21.4. The Morgan fingerprint density at radius 2 is 0.581 bits per heavy atom. The number of carbonyl (C=O) groups excluding carboxylic acids is 3. The fourth-order valence-electron chi connectivity index (χ4n) is 16.7. The van der Waals surface area contributed by atoms with Gasteiger partial charge < -0.3 is 56.8 Å². The van der Waals surface area contributed by atoms with Crippen molar-refractivity contribution in [2.24, 2.45) is 0 Å². The lowest BCUT2D eigenvalue weighted by molar-refractivity contribution is -0.00991. The number of nitrogens with zero attached hydrogens (tertiary/aromatic N) is 6. The SMILES string of the molecule is Cc1ccc2n1-c1ccccc1OC21CCN(C(=O)c2ccc(S(=O)(=O)C3CCOC3)cc2)CC1.Cc1ccc2n1-c1ccccc1OC21CCN(C(=O)c2ccc(S(=O)(=O)[C@@H]3CCOC3)cc2)CC1.Cc1ccc2n1-c1ccccc1OC21CCN(C(=O)c2ccc(S(=O)(=O)[C@H]3CCOC3)cc2)CC1. The van der Waals surface area contributed by atoms with Gasteiger partial charge in [0.1, 0.15) is 17.2 Å². The second kappa shape index (κ2) is 27.6. The molecule has 3 atom stereocenters. The molecule has 6 saturated heterocycles. The predicted molar refractivity (Wildman–Crippen MR) is 392 cm³/mol. The van der Waals surface area contributed by atoms with Gasteiger partial charge in [0, 0.05) is 131 Å². The van der Waals surface area contributed by atoms with Crippen LogP contribution in [0.1, 0.15) is 123 Å². The van der Waals surface area contributed by atoms with Gasteiger partial charge in [-0.15, -0.1) is 0 Å². The quantitative estimate of drug-likeness (QED) is 0.131. The molecule has 0 saturated carbocycles. The van der Waals surface area contributed by atoms with Gasteiger partial charge in [-0.2, -0.15) is 0 Å². The number of benzene rings is 6. The molecule has 21 nitrogen and oxygen atoms in total. The molecule has 18 rings (SSSR count). The summed E-state index contributed by atoms with van der Waals surface area (Å²) in [5.41, 5.74) is 10.1. The molecular formula is C81H84N6O15S3. The minimum absolute atomic E-state index is 0.0872. The summed E-state index contributed by atoms with van der Waals surface area (Å²) in [6.07, 6.45) is 5.63. The number of aromatic nitrogens is 3. The topological polar surface area (TPSA) is 234 Å². The average Bonchev–Trinajstić information content (AvgIpc) is 1.67. The Balaban J connectivity index is 0.000000121. The molecule has 105 heavy (non-hydrogen) atoms. The fraction of sp³-hybridized carbons (Fsp3) is 0.370. The Hall–Kier alpha value is -9.30. The Bertz CT molecular complexity index is 4650. The number of para-hydroxylation sites is 6. The van der Waals surface area contributed by atoms with Crippen LogP contribution in [-0.2, 0) is 60.5 Å². The summed E-state index contributed by atoms with van der Waals surface area (Å²) in [5, 5.41) is -1.53. The van der Waals surface area contributed by atoms with Crippen LogP contribution in [0.25, 0.3) is 17.1 Å². The summed E-state index contributed by atoms with van der Waals surface area (Å²) in [5.74, 6) is 2.33. The van der Waals surface area contributed by atoms with Gasteiger partial charge in [-0.05, 0) is 186 Å². The van der Waals surface area contributed by atoms with Crippen molar-refractivity contribution in [3.63, 3.8) is 0 Å². The number of fused-ring (bicyclic) bond motifs is 12. The number of ether oxygens (including phenoxy) is 6. The maximum Gasteiger partial charge on any atom is 0.253 e. The molecule has 546 valence electrons. The second-order valence-corrected chi connectivity index (χ2v) is 35.5. The van der Waals surface area contributed by atoms with Crippen molar-refractivity contribution >= 4 is 47.2 Å². The van der Waals surface area contributed by atoms with E-state index in [1.807, 2.05) is 69.3 Å². The summed E-state index contributed by atoms with van der Waals surface area (Å²) < 4.78 is 119. The number of hydrogen-bond donors (Lipinski definition) is 0. The minimum Gasteiger partial charge on any atom is -0.479 e. The van der Waals surface area contributed by atoms with Gasteiger partial charge in [-0.25, -0.2) is 25.3 Å². The molecule has 0 aliphatic carbocycles. The van der Waals surface area contributed by atoms with Crippen molar-refractivity contribution in [3.05, 3.63) is 233 Å². The number of sulfone groups is 3. The summed E-state index contributed by atoms with van der Waals surface area (Å²) in [6.45, 7) is 11.8. The van der Waals surface area contributed by atoms with Gasteiger partial charge in [0.25, 0.3) is 17.7 Å². The van der Waals surface area contributed by atoms with E-state index in [0.717, 1.165) is 68.5 Å². The molecule has 0 bridgehead atoms. The largest absolute Gasteiger partial charge is 0.479 e. The highest BCUT2D eigenvalue weighted by molar-refractivity contribution is 7.92. The highest BCUT2D eigenvalue weighted by Crippen LogP contribution is 2.50. The maximum atomic E-state index is 13.2. The lowest BCUT2D eigenvalue weighted by atomic mass is 9.86. The van der Waals surface area contributed by atoms with Crippen molar-refractivity contribution in [1.82, 2.24) is 28.4 Å². The monoisotopic (exact) mass is 1480 g/mol. The lowest BCUT2D eigenvalue weighted by Crippen LogP contribution is -2.50. The van der Waals surface area contributed by atoms with Gasteiger partial charge >= 0.3 is 0 Å². The van der Waals surface area contributed by atoms with E-state index in [9.17, 15) is 39.6 Å². The van der Waals surface area contributed by atoms with E-state index in [1.165, 1.54) is 0 Å². The Morgan fingerprint density at radius 3 is 0.819 bits per heavy atom. The second-order valence-electron chi connectivity index (χ2n) is 28.8. The van der Waals surface area contributed by atoms with Crippen molar-refractivity contribution in [2.75, 3.05) is 78.9 Å². The van der Waals surface area contributed by atoms with Crippen molar-refractivity contribution in [3.8, 4) is 34.3 Å². The molecular weight excluding hydrogens is 1390 g/mol. The molecule has 6 fully saturated rings. The first kappa shape index (κ1) is 70.0. The van der Waals surface area contributed by atoms with E-state index in [1.54, 1.807) is 72.8 Å². The van der Waals surface area contributed by atoms with Crippen molar-refractivity contribution in [2.45, 2.75) is 126 Å². The van der Waals surface area contributed by atoms with E-state index < -0.39 is 62.1 Å². The molecule has 0 N–H and O–H groups in total. The van der Waals surface area contributed by atoms with Crippen LogP contribution in [0.3, 0.4) is 0 Å². The molecule has 6 aromatic carbocycles. The minimum atomic E-state index is -3.44. The summed E-state index contributed by atoms with van der Waals surface area (Å²) in [7, 11) is -10.3. The molecule has 12 heterocycles. The maximum absolute atomic E-state index is 13.2. The molecule has 9 aliphatic rings. The zero-order valence-electron chi connectivity index (χ0n) is 58.9. The molecule has 1 unspecified atom stereocenters. The highest BCUT2D eigenvalue weighted by atomic mass is 32.2. The van der Waals surface area contributed by atoms with Crippen molar-refractivity contribution < 1.29 is 68.1 Å². The van der Waals surface area contributed by atoms with Crippen LogP contribution in [0.4, 0.5) is 0 Å². The van der Waals surface area contributed by atoms with Gasteiger partial charge in [-0.3, -0.25) is 14.4 Å². The Kier molecular flexibility index (Phi) is 18.4. The first-order chi connectivity index (χ1) is 50.7. The van der Waals surface area contributed by atoms with Crippen LogP contribution in [-0.4, -0.2) is 166 Å². The third-order valence-corrected chi connectivity index (χ3v) is 29.2. The van der Waals surface area contributed by atoms with E-state index in [4.69, 9.17) is 28.4 Å². The van der Waals surface area contributed by atoms with Crippen molar-refractivity contribution in [1.29, 1.82) is 0 Å². The number of hydrogen-bond acceptors (Lipinski definition) is 15. The van der Waals surface area contributed by atoms with E-state index in [0.29, 0.717) is 134 Å². The summed E-state index contributed by atoms with van der Waals surface area (Å²) in [4.78, 5) is 46.0. The molecule has 3 spiro atoms. The predicted octanol–water partition coefficient (Wildman–Crippen LogP) is 11.6. The zero-order chi connectivity index (χ0) is 72.6. The first-order valence-electron chi connectivity index (χ1n) is 36.2. The van der Waals surface area contributed by atoms with Crippen LogP contribution in [0.15, 0.2) is 197 Å². The highest BCUT2D eigenvalue weighted by Gasteiger charge is 2.49. The standard InChI is InChI=1S/3C27H28N2O5S/c3*1-19-6-11-25-27(34-24-5-3-2-4-23(24)29(19)25)13-15-28(16-14-27)26(30)20-7-9-21(10-8-20)35(31,32)22-12-17-33-18-22/h3*2-11,22H,12-18H2,1H3/t2*22-;/m10./s1. The number of piperidine rings is 3. The molecule has 9 aromatic rings. The lowest BCUT2D eigenvalue weighted by Gasteiger charge is -2.45. The van der Waals surface area contributed by atoms with Gasteiger partial charge in [0.15, 0.2) is 46.3 Å². The number of likely N-dealkylation sites (tertiary alicyclic amines) is 3.